The summed E-state index contributed by atoms with van der Waals surface area (Å²) in [6, 6.07) is 13.5. The Morgan fingerprint density at radius 2 is 1.76 bits per heavy atom. The van der Waals surface area contributed by atoms with Crippen LogP contribution in [0.3, 0.4) is 0 Å². The van der Waals surface area contributed by atoms with Crippen LogP contribution < -0.4 is 10.6 Å². The van der Waals surface area contributed by atoms with Gasteiger partial charge in [0.2, 0.25) is 0 Å². The van der Waals surface area contributed by atoms with Crippen molar-refractivity contribution in [3.63, 3.8) is 0 Å². The molecule has 0 aliphatic carbocycles. The maximum atomic E-state index is 13.2. The van der Waals surface area contributed by atoms with Crippen molar-refractivity contribution in [3.05, 3.63) is 66.0 Å². The zero-order valence-electron chi connectivity index (χ0n) is 15.7. The molecule has 8 heteroatoms. The van der Waals surface area contributed by atoms with Crippen LogP contribution in [0.1, 0.15) is 17.3 Å². The molecule has 3 aromatic rings. The molecule has 29 heavy (non-hydrogen) atoms. The Hall–Kier alpha value is -3.81. The molecule has 3 amide bonds. The van der Waals surface area contributed by atoms with E-state index in [0.29, 0.717) is 22.2 Å². The van der Waals surface area contributed by atoms with Crippen LogP contribution >= 0.6 is 0 Å². The fourth-order valence-corrected chi connectivity index (χ4v) is 2.67. The van der Waals surface area contributed by atoms with Gasteiger partial charge in [0.05, 0.1) is 16.8 Å². The number of benzene rings is 2. The number of imide groups is 1. The number of nitrogens with zero attached hydrogens (tertiary/aromatic N) is 1. The van der Waals surface area contributed by atoms with Crippen LogP contribution in [-0.2, 0) is 9.53 Å². The predicted molar refractivity (Wildman–Crippen MR) is 105 cm³/mol. The van der Waals surface area contributed by atoms with Gasteiger partial charge in [0.15, 0.2) is 6.10 Å². The normalized spacial score (nSPS) is 11.6. The van der Waals surface area contributed by atoms with Crippen molar-refractivity contribution in [1.82, 2.24) is 15.6 Å². The number of esters is 1. The molecule has 3 rings (SSSR count). The van der Waals surface area contributed by atoms with Gasteiger partial charge >= 0.3 is 12.0 Å². The van der Waals surface area contributed by atoms with Crippen LogP contribution in [0.15, 0.2) is 54.6 Å². The topological polar surface area (TPSA) is 97.4 Å². The highest BCUT2D eigenvalue weighted by atomic mass is 19.1. The lowest BCUT2D eigenvalue weighted by atomic mass is 10.0. The summed E-state index contributed by atoms with van der Waals surface area (Å²) in [7, 11) is 1.36. The number of halogens is 1. The Kier molecular flexibility index (Phi) is 5.82. The van der Waals surface area contributed by atoms with E-state index in [9.17, 15) is 18.8 Å². The molecule has 0 radical (unpaired) electrons. The van der Waals surface area contributed by atoms with Gasteiger partial charge in [0, 0.05) is 18.0 Å². The molecule has 1 heterocycles. The largest absolute Gasteiger partial charge is 0.449 e. The lowest BCUT2D eigenvalue weighted by Gasteiger charge is -2.14. The van der Waals surface area contributed by atoms with Crippen LogP contribution in [-0.4, -0.2) is 36.0 Å². The number of aromatic nitrogens is 1. The number of carbonyl (C=O) groups is 3. The number of para-hydroxylation sites is 1. The summed E-state index contributed by atoms with van der Waals surface area (Å²) in [4.78, 5) is 40.5. The Balaban J connectivity index is 1.95. The standard InChI is InChI=1S/C21H18FN3O4/c1-12(19(26)25-21(28)23-2)29-20(27)16-11-18(13-7-9-14(22)10-8-13)24-17-6-4-3-5-15(16)17/h3-12H,1-2H3,(H2,23,25,26,28)/t12-/m1/s1. The molecule has 1 atom stereocenters. The number of fused-ring (bicyclic) bond motifs is 1. The maximum Gasteiger partial charge on any atom is 0.339 e. The Morgan fingerprint density at radius 3 is 2.45 bits per heavy atom. The number of carbonyl (C=O) groups excluding carboxylic acids is 3. The summed E-state index contributed by atoms with van der Waals surface area (Å²) in [6.07, 6.45) is -1.19. The Morgan fingerprint density at radius 1 is 1.07 bits per heavy atom. The molecule has 0 aliphatic heterocycles. The summed E-state index contributed by atoms with van der Waals surface area (Å²) in [6.45, 7) is 1.36. The molecule has 0 unspecified atom stereocenters. The van der Waals surface area contributed by atoms with Crippen molar-refractivity contribution < 1.29 is 23.5 Å². The molecular weight excluding hydrogens is 377 g/mol. The van der Waals surface area contributed by atoms with Crippen LogP contribution in [0, 0.1) is 5.82 Å². The molecule has 0 spiro atoms. The number of nitrogens with one attached hydrogen (secondary N) is 2. The van der Waals surface area contributed by atoms with Crippen molar-refractivity contribution >= 4 is 28.8 Å². The number of rotatable bonds is 4. The number of urea groups is 1. The van der Waals surface area contributed by atoms with Gasteiger partial charge < -0.3 is 10.1 Å². The minimum absolute atomic E-state index is 0.203. The van der Waals surface area contributed by atoms with E-state index in [1.165, 1.54) is 32.2 Å². The molecule has 0 saturated carbocycles. The molecule has 2 aromatic carbocycles. The monoisotopic (exact) mass is 395 g/mol. The second kappa shape index (κ2) is 8.47. The van der Waals surface area contributed by atoms with Crippen molar-refractivity contribution in [3.8, 4) is 11.3 Å². The van der Waals surface area contributed by atoms with Crippen molar-refractivity contribution in [1.29, 1.82) is 0 Å². The number of amides is 3. The Labute approximate surface area is 165 Å². The molecule has 2 N–H and O–H groups in total. The molecule has 0 aliphatic rings. The van der Waals surface area contributed by atoms with Crippen molar-refractivity contribution in [2.75, 3.05) is 7.05 Å². The van der Waals surface area contributed by atoms with Crippen molar-refractivity contribution in [2.45, 2.75) is 13.0 Å². The average molecular weight is 395 g/mol. The fraction of sp³-hybridized carbons (Fsp3) is 0.143. The predicted octanol–water partition coefficient (Wildman–Crippen LogP) is 3.04. The first kappa shape index (κ1) is 19.9. The lowest BCUT2D eigenvalue weighted by Crippen LogP contribution is -2.43. The van der Waals surface area contributed by atoms with Gasteiger partial charge in [-0.3, -0.25) is 10.1 Å². The number of pyridine rings is 1. The molecular formula is C21H18FN3O4. The van der Waals surface area contributed by atoms with E-state index in [0.717, 1.165) is 0 Å². The van der Waals surface area contributed by atoms with E-state index < -0.39 is 24.0 Å². The highest BCUT2D eigenvalue weighted by Crippen LogP contribution is 2.26. The second-order valence-corrected chi connectivity index (χ2v) is 6.20. The number of hydrogen-bond donors (Lipinski definition) is 2. The minimum atomic E-state index is -1.19. The van der Waals surface area contributed by atoms with Crippen molar-refractivity contribution in [2.24, 2.45) is 0 Å². The first-order valence-corrected chi connectivity index (χ1v) is 8.78. The third kappa shape index (κ3) is 4.55. The van der Waals surface area contributed by atoms with Gasteiger partial charge in [-0.1, -0.05) is 18.2 Å². The summed E-state index contributed by atoms with van der Waals surface area (Å²) in [5, 5.41) is 4.84. The van der Waals surface area contributed by atoms with E-state index in [-0.39, 0.29) is 11.4 Å². The SMILES string of the molecule is CNC(=O)NC(=O)[C@@H](C)OC(=O)c1cc(-c2ccc(F)cc2)nc2ccccc12. The number of ether oxygens (including phenoxy) is 1. The Bertz CT molecular complexity index is 1080. The zero-order valence-corrected chi connectivity index (χ0v) is 15.7. The van der Waals surface area contributed by atoms with E-state index >= 15 is 0 Å². The first-order chi connectivity index (χ1) is 13.9. The molecule has 1 aromatic heterocycles. The van der Waals surface area contributed by atoms with Gasteiger partial charge in [0.25, 0.3) is 5.91 Å². The third-order valence-corrected chi connectivity index (χ3v) is 4.19. The van der Waals surface area contributed by atoms with Crippen LogP contribution in [0.25, 0.3) is 22.2 Å². The maximum absolute atomic E-state index is 13.2. The average Bonchev–Trinajstić information content (AvgIpc) is 2.73. The second-order valence-electron chi connectivity index (χ2n) is 6.20. The quantitative estimate of drug-likeness (QED) is 0.662. The van der Waals surface area contributed by atoms with Crippen LogP contribution in [0.5, 0.6) is 0 Å². The summed E-state index contributed by atoms with van der Waals surface area (Å²) >= 11 is 0. The van der Waals surface area contributed by atoms with E-state index in [4.69, 9.17) is 4.74 Å². The first-order valence-electron chi connectivity index (χ1n) is 8.78. The van der Waals surface area contributed by atoms with E-state index in [1.807, 2.05) is 0 Å². The summed E-state index contributed by atoms with van der Waals surface area (Å²) in [5.74, 6) is -1.88. The number of hydrogen-bond acceptors (Lipinski definition) is 5. The summed E-state index contributed by atoms with van der Waals surface area (Å²) in [5.41, 5.74) is 1.83. The lowest BCUT2D eigenvalue weighted by molar-refractivity contribution is -0.127. The highest BCUT2D eigenvalue weighted by molar-refractivity contribution is 6.06. The van der Waals surface area contributed by atoms with Gasteiger partial charge in [-0.15, -0.1) is 0 Å². The van der Waals surface area contributed by atoms with Gasteiger partial charge in [-0.05, 0) is 43.3 Å². The van der Waals surface area contributed by atoms with Crippen LogP contribution in [0.2, 0.25) is 0 Å². The third-order valence-electron chi connectivity index (χ3n) is 4.19. The molecule has 0 saturated heterocycles. The highest BCUT2D eigenvalue weighted by Gasteiger charge is 2.22. The van der Waals surface area contributed by atoms with Gasteiger partial charge in [0.1, 0.15) is 5.82 Å². The molecule has 0 bridgehead atoms. The molecule has 7 nitrogen and oxygen atoms in total. The van der Waals surface area contributed by atoms with E-state index in [2.05, 4.69) is 15.6 Å². The smallest absolute Gasteiger partial charge is 0.339 e. The minimum Gasteiger partial charge on any atom is -0.449 e. The van der Waals surface area contributed by atoms with Gasteiger partial charge in [-0.25, -0.2) is 19.0 Å². The van der Waals surface area contributed by atoms with E-state index in [1.54, 1.807) is 36.4 Å². The molecule has 148 valence electrons. The summed E-state index contributed by atoms with van der Waals surface area (Å²) < 4.78 is 18.5. The zero-order chi connectivity index (χ0) is 21.0. The fourth-order valence-electron chi connectivity index (χ4n) is 2.67. The molecule has 0 fully saturated rings. The van der Waals surface area contributed by atoms with Crippen LogP contribution in [0.4, 0.5) is 9.18 Å². The van der Waals surface area contributed by atoms with Gasteiger partial charge in [-0.2, -0.15) is 0 Å².